The summed E-state index contributed by atoms with van der Waals surface area (Å²) in [6, 6.07) is 17.7. The molecular formula is C19H19N3O2. The molecular weight excluding hydrogens is 302 g/mol. The van der Waals surface area contributed by atoms with Crippen molar-refractivity contribution in [2.75, 3.05) is 12.4 Å². The zero-order chi connectivity index (χ0) is 17.1. The molecule has 0 radical (unpaired) electrons. The molecule has 0 saturated heterocycles. The van der Waals surface area contributed by atoms with Gasteiger partial charge >= 0.3 is 0 Å². The molecule has 1 heterocycles. The summed E-state index contributed by atoms with van der Waals surface area (Å²) in [6.45, 7) is 1.49. The van der Waals surface area contributed by atoms with Gasteiger partial charge in [-0.2, -0.15) is 5.10 Å². The fraction of sp³-hybridized carbons (Fsp3) is 0.158. The minimum absolute atomic E-state index is 0.132. The molecule has 24 heavy (non-hydrogen) atoms. The number of aromatic nitrogens is 2. The molecule has 0 atom stereocenters. The number of hydrogen-bond acceptors (Lipinski definition) is 3. The maximum absolute atomic E-state index is 11.6. The highest BCUT2D eigenvalue weighted by Crippen LogP contribution is 2.37. The summed E-state index contributed by atoms with van der Waals surface area (Å²) in [4.78, 5) is 11.6. The molecule has 3 rings (SSSR count). The van der Waals surface area contributed by atoms with Crippen molar-refractivity contribution < 1.29 is 9.53 Å². The van der Waals surface area contributed by atoms with Crippen LogP contribution in [0.1, 0.15) is 6.92 Å². The topological polar surface area (TPSA) is 56.1 Å². The number of nitrogens with zero attached hydrogens (tertiary/aromatic N) is 2. The van der Waals surface area contributed by atoms with Crippen molar-refractivity contribution in [2.24, 2.45) is 7.05 Å². The smallest absolute Gasteiger partial charge is 0.222 e. The first kappa shape index (κ1) is 15.8. The van der Waals surface area contributed by atoms with Crippen LogP contribution in [0.3, 0.4) is 0 Å². The Balaban J connectivity index is 2.21. The number of rotatable bonds is 4. The first-order chi connectivity index (χ1) is 11.6. The molecule has 2 aromatic carbocycles. The molecule has 122 valence electrons. The molecule has 0 saturated carbocycles. The third-order valence-electron chi connectivity index (χ3n) is 3.77. The summed E-state index contributed by atoms with van der Waals surface area (Å²) >= 11 is 0. The van der Waals surface area contributed by atoms with Gasteiger partial charge in [0.1, 0.15) is 17.3 Å². The molecule has 0 aliphatic carbocycles. The normalized spacial score (nSPS) is 10.5. The van der Waals surface area contributed by atoms with E-state index in [4.69, 9.17) is 4.74 Å². The van der Waals surface area contributed by atoms with Crippen LogP contribution in [0.5, 0.6) is 5.75 Å². The van der Waals surface area contributed by atoms with Crippen LogP contribution in [0, 0.1) is 0 Å². The molecule has 5 nitrogen and oxygen atoms in total. The lowest BCUT2D eigenvalue weighted by Crippen LogP contribution is -2.10. The molecule has 0 aliphatic rings. The number of methoxy groups -OCH3 is 1. The van der Waals surface area contributed by atoms with Crippen molar-refractivity contribution in [3.8, 4) is 28.1 Å². The number of anilines is 1. The summed E-state index contributed by atoms with van der Waals surface area (Å²) in [5.41, 5.74) is 3.68. The van der Waals surface area contributed by atoms with Crippen LogP contribution in [-0.4, -0.2) is 22.8 Å². The number of aryl methyl sites for hydroxylation is 1. The van der Waals surface area contributed by atoms with E-state index in [9.17, 15) is 4.79 Å². The van der Waals surface area contributed by atoms with Crippen LogP contribution in [0.15, 0.2) is 54.6 Å². The van der Waals surface area contributed by atoms with E-state index in [1.54, 1.807) is 11.8 Å². The molecule has 1 N–H and O–H groups in total. The Labute approximate surface area is 140 Å². The van der Waals surface area contributed by atoms with E-state index in [1.807, 2.05) is 61.6 Å². The average Bonchev–Trinajstić information content (AvgIpc) is 2.92. The van der Waals surface area contributed by atoms with E-state index in [1.165, 1.54) is 6.92 Å². The second-order valence-electron chi connectivity index (χ2n) is 5.47. The van der Waals surface area contributed by atoms with E-state index in [2.05, 4.69) is 10.4 Å². The SMILES string of the molecule is COc1ccc(-c2c(-c3ccccc3)nn(C)c2NC(C)=O)cc1. The summed E-state index contributed by atoms with van der Waals surface area (Å²) in [5.74, 6) is 1.32. The Hall–Kier alpha value is -3.08. The van der Waals surface area contributed by atoms with Crippen LogP contribution in [0.4, 0.5) is 5.82 Å². The standard InChI is InChI=1S/C19H19N3O2/c1-13(23)20-19-17(14-9-11-16(24-3)12-10-14)18(21-22(19)2)15-7-5-4-6-8-15/h4-12H,1-3H3,(H,20,23). The number of ether oxygens (including phenoxy) is 1. The van der Waals surface area contributed by atoms with Crippen LogP contribution in [0.25, 0.3) is 22.4 Å². The second-order valence-corrected chi connectivity index (χ2v) is 5.47. The van der Waals surface area contributed by atoms with Gasteiger partial charge in [-0.05, 0) is 17.7 Å². The van der Waals surface area contributed by atoms with Crippen molar-refractivity contribution in [3.05, 3.63) is 54.6 Å². The average molecular weight is 321 g/mol. The summed E-state index contributed by atoms with van der Waals surface area (Å²) in [6.07, 6.45) is 0. The van der Waals surface area contributed by atoms with Crippen molar-refractivity contribution >= 4 is 11.7 Å². The predicted molar refractivity (Wildman–Crippen MR) is 94.9 cm³/mol. The Morgan fingerprint density at radius 3 is 2.29 bits per heavy atom. The van der Waals surface area contributed by atoms with Gasteiger partial charge in [0.25, 0.3) is 0 Å². The summed E-state index contributed by atoms with van der Waals surface area (Å²) < 4.78 is 6.93. The van der Waals surface area contributed by atoms with E-state index in [-0.39, 0.29) is 5.91 Å². The minimum atomic E-state index is -0.132. The van der Waals surface area contributed by atoms with E-state index >= 15 is 0 Å². The molecule has 0 aliphatic heterocycles. The van der Waals surface area contributed by atoms with Gasteiger partial charge in [-0.15, -0.1) is 0 Å². The lowest BCUT2D eigenvalue weighted by atomic mass is 10.0. The monoisotopic (exact) mass is 321 g/mol. The lowest BCUT2D eigenvalue weighted by Gasteiger charge is -2.09. The van der Waals surface area contributed by atoms with E-state index in [0.29, 0.717) is 5.82 Å². The first-order valence-electron chi connectivity index (χ1n) is 7.64. The number of nitrogens with one attached hydrogen (secondary N) is 1. The van der Waals surface area contributed by atoms with E-state index in [0.717, 1.165) is 28.1 Å². The van der Waals surface area contributed by atoms with Crippen LogP contribution in [-0.2, 0) is 11.8 Å². The molecule has 0 unspecified atom stereocenters. The van der Waals surface area contributed by atoms with Gasteiger partial charge in [-0.1, -0.05) is 42.5 Å². The largest absolute Gasteiger partial charge is 0.497 e. The van der Waals surface area contributed by atoms with Crippen molar-refractivity contribution in [1.29, 1.82) is 0 Å². The van der Waals surface area contributed by atoms with Gasteiger partial charge in [0.15, 0.2) is 0 Å². The zero-order valence-electron chi connectivity index (χ0n) is 13.9. The number of amides is 1. The molecule has 5 heteroatoms. The van der Waals surface area contributed by atoms with Crippen LogP contribution < -0.4 is 10.1 Å². The van der Waals surface area contributed by atoms with Crippen molar-refractivity contribution in [2.45, 2.75) is 6.92 Å². The highest BCUT2D eigenvalue weighted by molar-refractivity contribution is 5.97. The molecule has 1 amide bonds. The summed E-state index contributed by atoms with van der Waals surface area (Å²) in [5, 5.41) is 7.51. The Morgan fingerprint density at radius 1 is 1.04 bits per heavy atom. The third kappa shape index (κ3) is 3.01. The highest BCUT2D eigenvalue weighted by atomic mass is 16.5. The van der Waals surface area contributed by atoms with Gasteiger partial charge < -0.3 is 10.1 Å². The maximum Gasteiger partial charge on any atom is 0.222 e. The van der Waals surface area contributed by atoms with Gasteiger partial charge in [0.2, 0.25) is 5.91 Å². The predicted octanol–water partition coefficient (Wildman–Crippen LogP) is 3.72. The molecule has 0 spiro atoms. The molecule has 0 fully saturated rings. The van der Waals surface area contributed by atoms with Crippen molar-refractivity contribution in [3.63, 3.8) is 0 Å². The Kier molecular flexibility index (Phi) is 4.33. The van der Waals surface area contributed by atoms with Crippen molar-refractivity contribution in [1.82, 2.24) is 9.78 Å². The number of carbonyl (C=O) groups is 1. The van der Waals surface area contributed by atoms with Crippen LogP contribution in [0.2, 0.25) is 0 Å². The first-order valence-corrected chi connectivity index (χ1v) is 7.64. The van der Waals surface area contributed by atoms with Crippen LogP contribution >= 0.6 is 0 Å². The summed E-state index contributed by atoms with van der Waals surface area (Å²) in [7, 11) is 3.46. The van der Waals surface area contributed by atoms with Gasteiger partial charge in [0.05, 0.1) is 12.7 Å². The fourth-order valence-electron chi connectivity index (χ4n) is 2.66. The Bertz CT molecular complexity index is 852. The molecule has 0 bridgehead atoms. The van der Waals surface area contributed by atoms with Gasteiger partial charge in [-0.3, -0.25) is 9.48 Å². The minimum Gasteiger partial charge on any atom is -0.497 e. The number of benzene rings is 2. The fourth-order valence-corrected chi connectivity index (χ4v) is 2.66. The highest BCUT2D eigenvalue weighted by Gasteiger charge is 2.20. The van der Waals surface area contributed by atoms with Gasteiger partial charge in [0, 0.05) is 19.5 Å². The number of hydrogen-bond donors (Lipinski definition) is 1. The Morgan fingerprint density at radius 2 is 1.71 bits per heavy atom. The second kappa shape index (κ2) is 6.58. The zero-order valence-corrected chi connectivity index (χ0v) is 13.9. The number of carbonyl (C=O) groups excluding carboxylic acids is 1. The van der Waals surface area contributed by atoms with E-state index < -0.39 is 0 Å². The molecule has 1 aromatic heterocycles. The molecule has 3 aromatic rings. The quantitative estimate of drug-likeness (QED) is 0.797. The lowest BCUT2D eigenvalue weighted by molar-refractivity contribution is -0.114. The third-order valence-corrected chi connectivity index (χ3v) is 3.77. The maximum atomic E-state index is 11.6. The van der Waals surface area contributed by atoms with Gasteiger partial charge in [-0.25, -0.2) is 0 Å².